The third-order valence-corrected chi connectivity index (χ3v) is 4.05. The molecule has 2 N–H and O–H groups in total. The molecule has 0 saturated heterocycles. The van der Waals surface area contributed by atoms with E-state index >= 15 is 0 Å². The van der Waals surface area contributed by atoms with E-state index in [4.69, 9.17) is 23.2 Å². The molecule has 6 nitrogen and oxygen atoms in total. The number of carbonyl (C=O) groups is 1. The van der Waals surface area contributed by atoms with Crippen molar-refractivity contribution in [2.45, 2.75) is 25.8 Å². The van der Waals surface area contributed by atoms with Crippen molar-refractivity contribution in [2.24, 2.45) is 12.0 Å². The van der Waals surface area contributed by atoms with Crippen molar-refractivity contribution in [1.29, 1.82) is 0 Å². The number of methoxy groups -OCH3 is 1. The number of halogens is 2. The van der Waals surface area contributed by atoms with Crippen LogP contribution in [0.15, 0.2) is 11.1 Å². The molecule has 0 aliphatic carbocycles. The van der Waals surface area contributed by atoms with Crippen molar-refractivity contribution in [3.05, 3.63) is 21.9 Å². The van der Waals surface area contributed by atoms with E-state index in [1.54, 1.807) is 7.05 Å². The summed E-state index contributed by atoms with van der Waals surface area (Å²) in [6.07, 6.45) is 2.07. The minimum absolute atomic E-state index is 0.181. The summed E-state index contributed by atoms with van der Waals surface area (Å²) >= 11 is 12.0. The molecule has 124 valence electrons. The van der Waals surface area contributed by atoms with Gasteiger partial charge in [-0.15, -0.1) is 0 Å². The van der Waals surface area contributed by atoms with Crippen LogP contribution in [0, 0.1) is 0 Å². The fraction of sp³-hybridized carbons (Fsp3) is 0.571. The highest BCUT2D eigenvalue weighted by atomic mass is 35.5. The lowest BCUT2D eigenvalue weighted by molar-refractivity contribution is -0.140. The van der Waals surface area contributed by atoms with Crippen LogP contribution in [0.1, 0.15) is 25.0 Å². The maximum atomic E-state index is 11.0. The van der Waals surface area contributed by atoms with Gasteiger partial charge in [-0.1, -0.05) is 23.2 Å². The number of carbonyl (C=O) groups excluding carboxylic acids is 1. The molecule has 0 unspecified atom stereocenters. The van der Waals surface area contributed by atoms with Crippen LogP contribution in [0.2, 0.25) is 10.2 Å². The molecule has 0 aliphatic rings. The van der Waals surface area contributed by atoms with Gasteiger partial charge in [0, 0.05) is 32.8 Å². The van der Waals surface area contributed by atoms with Gasteiger partial charge in [0.25, 0.3) is 0 Å². The predicted molar refractivity (Wildman–Crippen MR) is 89.5 cm³/mol. The average molecular weight is 349 g/mol. The zero-order chi connectivity index (χ0) is 16.5. The second-order valence-electron chi connectivity index (χ2n) is 4.72. The number of esters is 1. The topological polar surface area (TPSA) is 67.7 Å². The molecule has 0 radical (unpaired) electrons. The number of aliphatic imine (C=N–C) groups is 1. The molecule has 0 bridgehead atoms. The van der Waals surface area contributed by atoms with Crippen LogP contribution < -0.4 is 10.6 Å². The van der Waals surface area contributed by atoms with E-state index in [0.717, 1.165) is 25.1 Å². The largest absolute Gasteiger partial charge is 0.469 e. The van der Waals surface area contributed by atoms with Crippen molar-refractivity contribution in [2.75, 3.05) is 20.7 Å². The molecule has 0 amide bonds. The number of aromatic nitrogens is 1. The molecule has 0 fully saturated rings. The number of unbranched alkanes of at least 4 members (excludes halogenated alkanes) is 1. The van der Waals surface area contributed by atoms with Crippen molar-refractivity contribution >= 4 is 35.1 Å². The number of hydrogen-bond donors (Lipinski definition) is 2. The molecule has 8 heteroatoms. The summed E-state index contributed by atoms with van der Waals surface area (Å²) < 4.78 is 6.41. The van der Waals surface area contributed by atoms with Gasteiger partial charge in [0.1, 0.15) is 5.15 Å². The minimum Gasteiger partial charge on any atom is -0.469 e. The van der Waals surface area contributed by atoms with Crippen LogP contribution in [0.25, 0.3) is 0 Å². The molecule has 1 rings (SSSR count). The van der Waals surface area contributed by atoms with E-state index in [1.165, 1.54) is 7.11 Å². The summed E-state index contributed by atoms with van der Waals surface area (Å²) in [5.74, 6) is 0.506. The summed E-state index contributed by atoms with van der Waals surface area (Å²) in [5.41, 5.74) is 0.962. The Kier molecular flexibility index (Phi) is 8.12. The average Bonchev–Trinajstić information content (AvgIpc) is 2.76. The van der Waals surface area contributed by atoms with E-state index < -0.39 is 0 Å². The molecule has 22 heavy (non-hydrogen) atoms. The first-order valence-corrected chi connectivity index (χ1v) is 7.76. The Bertz CT molecular complexity index is 529. The van der Waals surface area contributed by atoms with E-state index in [1.807, 2.05) is 17.7 Å². The highest BCUT2D eigenvalue weighted by molar-refractivity contribution is 6.41. The minimum atomic E-state index is -0.181. The molecule has 0 atom stereocenters. The summed E-state index contributed by atoms with van der Waals surface area (Å²) in [4.78, 5) is 15.1. The Hall–Kier alpha value is -1.40. The zero-order valence-corrected chi connectivity index (χ0v) is 14.6. The first kappa shape index (κ1) is 18.6. The number of ether oxygens (including phenoxy) is 1. The molecule has 0 saturated carbocycles. The quantitative estimate of drug-likeness (QED) is 0.343. The second-order valence-corrected chi connectivity index (χ2v) is 5.48. The van der Waals surface area contributed by atoms with Gasteiger partial charge in [0.2, 0.25) is 0 Å². The van der Waals surface area contributed by atoms with Crippen LogP contribution in [-0.2, 0) is 23.1 Å². The van der Waals surface area contributed by atoms with E-state index in [-0.39, 0.29) is 5.97 Å². The number of nitrogens with one attached hydrogen (secondary N) is 2. The van der Waals surface area contributed by atoms with Gasteiger partial charge in [-0.25, -0.2) is 0 Å². The Balaban J connectivity index is 2.31. The lowest BCUT2D eigenvalue weighted by Gasteiger charge is -2.12. The maximum absolute atomic E-state index is 11.0. The number of guanidine groups is 1. The lowest BCUT2D eigenvalue weighted by atomic mass is 10.2. The lowest BCUT2D eigenvalue weighted by Crippen LogP contribution is -2.37. The van der Waals surface area contributed by atoms with Crippen LogP contribution >= 0.6 is 23.2 Å². The maximum Gasteiger partial charge on any atom is 0.305 e. The van der Waals surface area contributed by atoms with Gasteiger partial charge in [-0.05, 0) is 18.9 Å². The Morgan fingerprint density at radius 3 is 2.64 bits per heavy atom. The van der Waals surface area contributed by atoms with E-state index in [0.29, 0.717) is 29.1 Å². The Morgan fingerprint density at radius 2 is 2.09 bits per heavy atom. The fourth-order valence-electron chi connectivity index (χ4n) is 1.86. The van der Waals surface area contributed by atoms with Gasteiger partial charge < -0.3 is 19.9 Å². The highest BCUT2D eigenvalue weighted by Crippen LogP contribution is 2.24. The molecule has 1 aromatic rings. The Morgan fingerprint density at radius 1 is 1.36 bits per heavy atom. The zero-order valence-electron chi connectivity index (χ0n) is 13.1. The van der Waals surface area contributed by atoms with Gasteiger partial charge >= 0.3 is 5.97 Å². The first-order chi connectivity index (χ1) is 10.5. The van der Waals surface area contributed by atoms with Gasteiger partial charge in [-0.2, -0.15) is 0 Å². The molecule has 0 aromatic carbocycles. The SMILES string of the molecule is CN=C(NCCCCC(=O)OC)NCc1cc(Cl)c(Cl)n1C. The molecule has 1 heterocycles. The standard InChI is InChI=1S/C14H22Cl2N4O2/c1-17-14(18-7-5-4-6-12(21)22-3)19-9-10-8-11(15)13(16)20(10)2/h8H,4-7,9H2,1-3H3,(H2,17,18,19). The van der Waals surface area contributed by atoms with Crippen molar-refractivity contribution in [3.8, 4) is 0 Å². The predicted octanol–water partition coefficient (Wildman–Crippen LogP) is 2.34. The molecule has 0 spiro atoms. The van der Waals surface area contributed by atoms with E-state index in [2.05, 4.69) is 20.4 Å². The monoisotopic (exact) mass is 348 g/mol. The molecular weight excluding hydrogens is 327 g/mol. The summed E-state index contributed by atoms with van der Waals surface area (Å²) in [6, 6.07) is 1.82. The van der Waals surface area contributed by atoms with Gasteiger partial charge in [0.15, 0.2) is 5.96 Å². The first-order valence-electron chi connectivity index (χ1n) is 7.00. The summed E-state index contributed by atoms with van der Waals surface area (Å²) in [7, 11) is 4.96. The Labute approximate surface area is 140 Å². The second kappa shape index (κ2) is 9.58. The molecule has 1 aromatic heterocycles. The van der Waals surface area contributed by atoms with Crippen molar-refractivity contribution < 1.29 is 9.53 Å². The third-order valence-electron chi connectivity index (χ3n) is 3.20. The van der Waals surface area contributed by atoms with E-state index in [9.17, 15) is 4.79 Å². The summed E-state index contributed by atoms with van der Waals surface area (Å²) in [6.45, 7) is 1.29. The van der Waals surface area contributed by atoms with Crippen LogP contribution in [0.4, 0.5) is 0 Å². The third kappa shape index (κ3) is 5.77. The number of hydrogen-bond acceptors (Lipinski definition) is 3. The normalized spacial score (nSPS) is 11.4. The smallest absolute Gasteiger partial charge is 0.305 e. The van der Waals surface area contributed by atoms with Gasteiger partial charge in [0.05, 0.1) is 18.7 Å². The van der Waals surface area contributed by atoms with Crippen molar-refractivity contribution in [3.63, 3.8) is 0 Å². The number of nitrogens with zero attached hydrogens (tertiary/aromatic N) is 2. The van der Waals surface area contributed by atoms with Crippen LogP contribution in [0.5, 0.6) is 0 Å². The number of rotatable bonds is 7. The van der Waals surface area contributed by atoms with Crippen molar-refractivity contribution in [1.82, 2.24) is 15.2 Å². The van der Waals surface area contributed by atoms with Crippen LogP contribution in [0.3, 0.4) is 0 Å². The highest BCUT2D eigenvalue weighted by Gasteiger charge is 2.09. The van der Waals surface area contributed by atoms with Crippen LogP contribution in [-0.4, -0.2) is 37.2 Å². The van der Waals surface area contributed by atoms with Gasteiger partial charge in [-0.3, -0.25) is 9.79 Å². The fourth-order valence-corrected chi connectivity index (χ4v) is 2.27. The summed E-state index contributed by atoms with van der Waals surface area (Å²) in [5, 5.41) is 7.42. The molecular formula is C14H22Cl2N4O2. The molecule has 0 aliphatic heterocycles.